The molecule has 0 heterocycles. The van der Waals surface area contributed by atoms with Crippen molar-refractivity contribution in [3.63, 3.8) is 0 Å². The van der Waals surface area contributed by atoms with Gasteiger partial charge < -0.3 is 15.5 Å². The second-order valence-corrected chi connectivity index (χ2v) is 7.39. The second kappa shape index (κ2) is 12.4. The molecule has 0 spiro atoms. The molecule has 1 amide bonds. The van der Waals surface area contributed by atoms with E-state index in [1.54, 1.807) is 18.8 Å². The highest BCUT2D eigenvalue weighted by molar-refractivity contribution is 14.0. The van der Waals surface area contributed by atoms with E-state index in [1.165, 1.54) is 29.7 Å². The van der Waals surface area contributed by atoms with E-state index < -0.39 is 0 Å². The smallest absolute Gasteiger partial charge is 0.239 e. The Kier molecular flexibility index (Phi) is 11.0. The maximum Gasteiger partial charge on any atom is 0.239 e. The van der Waals surface area contributed by atoms with Crippen molar-refractivity contribution in [3.8, 4) is 0 Å². The van der Waals surface area contributed by atoms with Gasteiger partial charge in [0.25, 0.3) is 0 Å². The van der Waals surface area contributed by atoms with Gasteiger partial charge in [0.1, 0.15) is 0 Å². The Balaban J connectivity index is 0.00000338. The molecule has 1 fully saturated rings. The molecule has 1 saturated carbocycles. The van der Waals surface area contributed by atoms with Crippen LogP contribution in [0.3, 0.4) is 0 Å². The summed E-state index contributed by atoms with van der Waals surface area (Å²) in [7, 11) is 3.73. The molecule has 0 radical (unpaired) electrons. The van der Waals surface area contributed by atoms with Gasteiger partial charge >= 0.3 is 0 Å². The molecule has 1 aromatic rings. The average Bonchev–Trinajstić information content (AvgIpc) is 2.63. The lowest BCUT2D eigenvalue weighted by Crippen LogP contribution is -2.46. The van der Waals surface area contributed by atoms with Crippen LogP contribution in [0.25, 0.3) is 0 Å². The first-order chi connectivity index (χ1) is 12.1. The zero-order valence-electron chi connectivity index (χ0n) is 16.0. The first kappa shape index (κ1) is 23.1. The van der Waals surface area contributed by atoms with E-state index in [9.17, 15) is 4.79 Å². The largest absolute Gasteiger partial charge is 0.352 e. The molecule has 26 heavy (non-hydrogen) atoms. The number of thioether (sulfide) groups is 1. The number of guanidine groups is 1. The molecule has 146 valence electrons. The van der Waals surface area contributed by atoms with Crippen LogP contribution in [0.5, 0.6) is 0 Å². The number of carbonyl (C=O) groups is 1. The molecule has 1 aromatic carbocycles. The van der Waals surface area contributed by atoms with Crippen LogP contribution in [0.4, 0.5) is 0 Å². The lowest BCUT2D eigenvalue weighted by molar-refractivity contribution is -0.120. The zero-order chi connectivity index (χ0) is 18.1. The number of hydrogen-bond acceptors (Lipinski definition) is 3. The van der Waals surface area contributed by atoms with Crippen LogP contribution in [-0.2, 0) is 11.3 Å². The maximum atomic E-state index is 12.1. The Hall–Kier alpha value is -0.960. The van der Waals surface area contributed by atoms with E-state index in [0.29, 0.717) is 6.04 Å². The van der Waals surface area contributed by atoms with E-state index in [4.69, 9.17) is 0 Å². The standard InChI is InChI=1S/C19H30N4OS.HI/c1-20-19(21-13-18(24)22-16-7-5-4-6-8-16)23(2)14-15-9-11-17(25-3)12-10-15;/h9-12,16H,4-8,13-14H2,1-3H3,(H,20,21)(H,22,24);1H. The fourth-order valence-electron chi connectivity index (χ4n) is 3.15. The van der Waals surface area contributed by atoms with E-state index in [-0.39, 0.29) is 36.4 Å². The van der Waals surface area contributed by atoms with Gasteiger partial charge in [-0.05, 0) is 36.8 Å². The van der Waals surface area contributed by atoms with Gasteiger partial charge in [0.15, 0.2) is 5.96 Å². The quantitative estimate of drug-likeness (QED) is 0.278. The summed E-state index contributed by atoms with van der Waals surface area (Å²) in [6.07, 6.45) is 8.01. The van der Waals surface area contributed by atoms with Crippen LogP contribution in [-0.4, -0.2) is 49.7 Å². The molecule has 5 nitrogen and oxygen atoms in total. The maximum absolute atomic E-state index is 12.1. The summed E-state index contributed by atoms with van der Waals surface area (Å²) >= 11 is 1.74. The number of halogens is 1. The first-order valence-electron chi connectivity index (χ1n) is 8.96. The summed E-state index contributed by atoms with van der Waals surface area (Å²) in [5, 5.41) is 6.28. The fraction of sp³-hybridized carbons (Fsp3) is 0.579. The minimum Gasteiger partial charge on any atom is -0.352 e. The number of hydrogen-bond donors (Lipinski definition) is 2. The molecule has 0 aromatic heterocycles. The minimum atomic E-state index is 0. The molecular weight excluding hydrogens is 459 g/mol. The van der Waals surface area contributed by atoms with E-state index >= 15 is 0 Å². The lowest BCUT2D eigenvalue weighted by Gasteiger charge is -2.24. The number of amides is 1. The zero-order valence-corrected chi connectivity index (χ0v) is 19.1. The SMILES string of the molecule is CN=C(NCC(=O)NC1CCCCC1)N(C)Cc1ccc(SC)cc1.I. The monoisotopic (exact) mass is 490 g/mol. The van der Waals surface area contributed by atoms with E-state index in [2.05, 4.69) is 46.1 Å². The van der Waals surface area contributed by atoms with Crippen LogP contribution in [0.2, 0.25) is 0 Å². The van der Waals surface area contributed by atoms with Crippen molar-refractivity contribution in [3.05, 3.63) is 29.8 Å². The lowest BCUT2D eigenvalue weighted by atomic mass is 9.95. The summed E-state index contributed by atoms with van der Waals surface area (Å²) < 4.78 is 0. The van der Waals surface area contributed by atoms with Gasteiger partial charge in [0.05, 0.1) is 6.54 Å². The Morgan fingerprint density at radius 2 is 1.88 bits per heavy atom. The van der Waals surface area contributed by atoms with Crippen molar-refractivity contribution in [2.45, 2.75) is 49.6 Å². The van der Waals surface area contributed by atoms with Gasteiger partial charge in [-0.15, -0.1) is 35.7 Å². The predicted octanol–water partition coefficient (Wildman–Crippen LogP) is 3.48. The molecule has 7 heteroatoms. The van der Waals surface area contributed by atoms with Crippen molar-refractivity contribution < 1.29 is 4.79 Å². The summed E-state index contributed by atoms with van der Waals surface area (Å²) in [5.41, 5.74) is 1.22. The van der Waals surface area contributed by atoms with Crippen LogP contribution in [0.1, 0.15) is 37.7 Å². The third kappa shape index (κ3) is 7.73. The van der Waals surface area contributed by atoms with Crippen molar-refractivity contribution >= 4 is 47.6 Å². The third-order valence-corrected chi connectivity index (χ3v) is 5.27. The number of aliphatic imine (C=N–C) groups is 1. The Morgan fingerprint density at radius 1 is 1.23 bits per heavy atom. The molecule has 0 saturated heterocycles. The van der Waals surface area contributed by atoms with Gasteiger partial charge in [-0.3, -0.25) is 9.79 Å². The highest BCUT2D eigenvalue weighted by Gasteiger charge is 2.16. The molecule has 2 rings (SSSR count). The predicted molar refractivity (Wildman–Crippen MR) is 121 cm³/mol. The molecule has 1 aliphatic rings. The molecule has 2 N–H and O–H groups in total. The van der Waals surface area contributed by atoms with Gasteiger partial charge in [0, 0.05) is 31.6 Å². The van der Waals surface area contributed by atoms with Crippen LogP contribution in [0.15, 0.2) is 34.2 Å². The number of rotatable bonds is 6. The van der Waals surface area contributed by atoms with Gasteiger partial charge in [-0.25, -0.2) is 0 Å². The van der Waals surface area contributed by atoms with Gasteiger partial charge in [-0.2, -0.15) is 0 Å². The highest BCUT2D eigenvalue weighted by Crippen LogP contribution is 2.17. The van der Waals surface area contributed by atoms with Crippen molar-refractivity contribution in [2.75, 3.05) is 26.9 Å². The Morgan fingerprint density at radius 3 is 2.46 bits per heavy atom. The third-order valence-electron chi connectivity index (χ3n) is 4.53. The Labute approximate surface area is 178 Å². The topological polar surface area (TPSA) is 56.7 Å². The molecule has 0 aliphatic heterocycles. The van der Waals surface area contributed by atoms with E-state index in [1.807, 2.05) is 11.9 Å². The Bertz CT molecular complexity index is 573. The molecule has 0 bridgehead atoms. The van der Waals surface area contributed by atoms with Gasteiger partial charge in [-0.1, -0.05) is 31.4 Å². The number of carbonyl (C=O) groups excluding carboxylic acids is 1. The summed E-state index contributed by atoms with van der Waals surface area (Å²) in [4.78, 5) is 19.7. The molecule has 1 aliphatic carbocycles. The molecule has 0 atom stereocenters. The van der Waals surface area contributed by atoms with E-state index in [0.717, 1.165) is 25.3 Å². The average molecular weight is 490 g/mol. The molecule has 0 unspecified atom stereocenters. The van der Waals surface area contributed by atoms with Crippen LogP contribution in [0, 0.1) is 0 Å². The number of nitrogens with zero attached hydrogens (tertiary/aromatic N) is 2. The van der Waals surface area contributed by atoms with Crippen LogP contribution >= 0.6 is 35.7 Å². The summed E-state index contributed by atoms with van der Waals surface area (Å²) in [5.74, 6) is 0.776. The second-order valence-electron chi connectivity index (χ2n) is 6.51. The first-order valence-corrected chi connectivity index (χ1v) is 10.2. The summed E-state index contributed by atoms with van der Waals surface area (Å²) in [6, 6.07) is 8.86. The van der Waals surface area contributed by atoms with Crippen molar-refractivity contribution in [1.82, 2.24) is 15.5 Å². The highest BCUT2D eigenvalue weighted by atomic mass is 127. The van der Waals surface area contributed by atoms with Crippen molar-refractivity contribution in [1.29, 1.82) is 0 Å². The normalized spacial score (nSPS) is 15.1. The van der Waals surface area contributed by atoms with Crippen molar-refractivity contribution in [2.24, 2.45) is 4.99 Å². The van der Waals surface area contributed by atoms with Crippen LogP contribution < -0.4 is 10.6 Å². The number of benzene rings is 1. The molecular formula is C19H31IN4OS. The van der Waals surface area contributed by atoms with Gasteiger partial charge in [0.2, 0.25) is 5.91 Å². The fourth-order valence-corrected chi connectivity index (χ4v) is 3.56. The number of nitrogens with one attached hydrogen (secondary N) is 2. The minimum absolute atomic E-state index is 0. The summed E-state index contributed by atoms with van der Waals surface area (Å²) in [6.45, 7) is 1.01.